The second-order valence-electron chi connectivity index (χ2n) is 6.73. The summed E-state index contributed by atoms with van der Waals surface area (Å²) in [5.74, 6) is 0. The zero-order chi connectivity index (χ0) is 16.3. The van der Waals surface area contributed by atoms with E-state index in [-0.39, 0.29) is 0 Å². The number of hydrogen-bond acceptors (Lipinski definition) is 4. The second-order valence-corrected chi connectivity index (χ2v) is 8.01. The summed E-state index contributed by atoms with van der Waals surface area (Å²) in [4.78, 5) is 16.2. The molecule has 0 radical (unpaired) electrons. The molecule has 6 heteroatoms. The van der Waals surface area contributed by atoms with Crippen molar-refractivity contribution in [2.24, 2.45) is 0 Å². The topological polar surface area (TPSA) is 56.2 Å². The van der Waals surface area contributed by atoms with E-state index in [4.69, 9.17) is 4.74 Å². The van der Waals surface area contributed by atoms with Gasteiger partial charge in [0.05, 0.1) is 23.8 Å². The number of nitrogens with zero attached hydrogens (tertiary/aromatic N) is 2. The van der Waals surface area contributed by atoms with Crippen molar-refractivity contribution in [3.05, 3.63) is 18.2 Å². The molecule has 0 spiro atoms. The van der Waals surface area contributed by atoms with E-state index in [1.807, 2.05) is 34.6 Å². The molecule has 120 valence electrons. The molecule has 0 saturated heterocycles. The Hall–Kier alpha value is -1.17. The molecule has 0 aliphatic heterocycles. The molecule has 5 nitrogen and oxygen atoms in total. The highest BCUT2D eigenvalue weighted by molar-refractivity contribution is 7.99. The minimum atomic E-state index is -0.545. The Bertz CT molecular complexity index is 478. The molecule has 0 aliphatic rings. The SMILES string of the molecule is CSC(C)Cn1cncc1C(C)(C)NC(=O)OC(C)(C)C. The van der Waals surface area contributed by atoms with Crippen LogP contribution in [0.4, 0.5) is 4.79 Å². The maximum absolute atomic E-state index is 12.0. The Kier molecular flexibility index (Phi) is 5.73. The number of carbonyl (C=O) groups excluding carboxylic acids is 1. The number of imidazole rings is 1. The van der Waals surface area contributed by atoms with Crippen LogP contribution in [0.15, 0.2) is 12.5 Å². The number of aromatic nitrogens is 2. The van der Waals surface area contributed by atoms with E-state index in [1.165, 1.54) is 0 Å². The van der Waals surface area contributed by atoms with Gasteiger partial charge in [-0.2, -0.15) is 11.8 Å². The summed E-state index contributed by atoms with van der Waals surface area (Å²) < 4.78 is 7.41. The van der Waals surface area contributed by atoms with Crippen molar-refractivity contribution in [1.29, 1.82) is 0 Å². The van der Waals surface area contributed by atoms with Crippen molar-refractivity contribution < 1.29 is 9.53 Å². The summed E-state index contributed by atoms with van der Waals surface area (Å²) in [5, 5.41) is 3.40. The molecule has 0 bridgehead atoms. The van der Waals surface area contributed by atoms with E-state index in [9.17, 15) is 4.79 Å². The van der Waals surface area contributed by atoms with Crippen LogP contribution in [0.1, 0.15) is 47.2 Å². The smallest absolute Gasteiger partial charge is 0.408 e. The summed E-state index contributed by atoms with van der Waals surface area (Å²) in [7, 11) is 0. The fourth-order valence-electron chi connectivity index (χ4n) is 1.96. The molecular formula is C15H27N3O2S. The minimum absolute atomic E-state index is 0.418. The van der Waals surface area contributed by atoms with Gasteiger partial charge in [0.2, 0.25) is 0 Å². The Balaban J connectivity index is 2.83. The zero-order valence-corrected chi connectivity index (χ0v) is 14.9. The van der Waals surface area contributed by atoms with Crippen LogP contribution >= 0.6 is 11.8 Å². The fraction of sp³-hybridized carbons (Fsp3) is 0.733. The van der Waals surface area contributed by atoms with Gasteiger partial charge in [-0.25, -0.2) is 9.78 Å². The molecule has 1 heterocycles. The molecule has 0 aromatic carbocycles. The van der Waals surface area contributed by atoms with Gasteiger partial charge in [-0.15, -0.1) is 0 Å². The first-order chi connectivity index (χ1) is 9.55. The summed E-state index contributed by atoms with van der Waals surface area (Å²) in [6.45, 7) is 12.5. The third-order valence-electron chi connectivity index (χ3n) is 3.02. The quantitative estimate of drug-likeness (QED) is 0.905. The third kappa shape index (κ3) is 5.61. The van der Waals surface area contributed by atoms with E-state index < -0.39 is 17.2 Å². The average Bonchev–Trinajstić information content (AvgIpc) is 2.74. The molecule has 1 amide bonds. The van der Waals surface area contributed by atoms with Crippen molar-refractivity contribution in [3.63, 3.8) is 0 Å². The molecule has 1 N–H and O–H groups in total. The Labute approximate surface area is 131 Å². The maximum Gasteiger partial charge on any atom is 0.408 e. The molecule has 1 aromatic heterocycles. The predicted molar refractivity (Wildman–Crippen MR) is 87.6 cm³/mol. The van der Waals surface area contributed by atoms with Gasteiger partial charge in [0.1, 0.15) is 5.60 Å². The first-order valence-electron chi connectivity index (χ1n) is 7.10. The van der Waals surface area contributed by atoms with Gasteiger partial charge in [0, 0.05) is 11.8 Å². The molecule has 0 fully saturated rings. The predicted octanol–water partition coefficient (Wildman–Crippen LogP) is 3.39. The van der Waals surface area contributed by atoms with E-state index in [1.54, 1.807) is 24.3 Å². The highest BCUT2D eigenvalue weighted by Gasteiger charge is 2.29. The summed E-state index contributed by atoms with van der Waals surface area (Å²) in [5.41, 5.74) is -0.0840. The van der Waals surface area contributed by atoms with Gasteiger partial charge in [0.25, 0.3) is 0 Å². The van der Waals surface area contributed by atoms with Crippen LogP contribution < -0.4 is 5.32 Å². The number of carbonyl (C=O) groups is 1. The maximum atomic E-state index is 12.0. The number of nitrogens with one attached hydrogen (secondary N) is 1. The lowest BCUT2D eigenvalue weighted by Crippen LogP contribution is -2.45. The van der Waals surface area contributed by atoms with Gasteiger partial charge in [0.15, 0.2) is 0 Å². The Morgan fingerprint density at radius 2 is 2.05 bits per heavy atom. The molecule has 1 unspecified atom stereocenters. The van der Waals surface area contributed by atoms with Crippen LogP contribution in [0.25, 0.3) is 0 Å². The van der Waals surface area contributed by atoms with Crippen molar-refractivity contribution in [2.75, 3.05) is 6.26 Å². The monoisotopic (exact) mass is 313 g/mol. The van der Waals surface area contributed by atoms with Crippen molar-refractivity contribution in [1.82, 2.24) is 14.9 Å². The lowest BCUT2D eigenvalue weighted by Gasteiger charge is -2.29. The van der Waals surface area contributed by atoms with Gasteiger partial charge in [-0.3, -0.25) is 0 Å². The Morgan fingerprint density at radius 1 is 1.43 bits per heavy atom. The van der Waals surface area contributed by atoms with Crippen LogP contribution in [0.2, 0.25) is 0 Å². The lowest BCUT2D eigenvalue weighted by atomic mass is 10.0. The van der Waals surface area contributed by atoms with Gasteiger partial charge >= 0.3 is 6.09 Å². The van der Waals surface area contributed by atoms with Gasteiger partial charge in [-0.1, -0.05) is 6.92 Å². The Morgan fingerprint density at radius 3 is 2.57 bits per heavy atom. The molecule has 1 atom stereocenters. The molecular weight excluding hydrogens is 286 g/mol. The molecule has 1 aromatic rings. The first-order valence-corrected chi connectivity index (χ1v) is 8.38. The summed E-state index contributed by atoms with van der Waals surface area (Å²) >= 11 is 1.80. The third-order valence-corrected chi connectivity index (χ3v) is 3.98. The van der Waals surface area contributed by atoms with Crippen LogP contribution in [0, 0.1) is 0 Å². The van der Waals surface area contributed by atoms with Gasteiger partial charge in [-0.05, 0) is 40.9 Å². The van der Waals surface area contributed by atoms with Crippen molar-refractivity contribution >= 4 is 17.9 Å². The number of alkyl carbamates (subject to hydrolysis) is 1. The van der Waals surface area contributed by atoms with E-state index >= 15 is 0 Å². The van der Waals surface area contributed by atoms with E-state index in [0.29, 0.717) is 5.25 Å². The normalized spacial score (nSPS) is 13.9. The van der Waals surface area contributed by atoms with Crippen molar-refractivity contribution in [3.8, 4) is 0 Å². The molecule has 21 heavy (non-hydrogen) atoms. The lowest BCUT2D eigenvalue weighted by molar-refractivity contribution is 0.0466. The fourth-order valence-corrected chi connectivity index (χ4v) is 2.27. The number of rotatable bonds is 5. The van der Waals surface area contributed by atoms with E-state index in [2.05, 4.69) is 28.0 Å². The molecule has 1 rings (SSSR count). The summed E-state index contributed by atoms with van der Waals surface area (Å²) in [6, 6.07) is 0. The second kappa shape index (κ2) is 6.73. The summed E-state index contributed by atoms with van der Waals surface area (Å²) in [6.07, 6.45) is 5.27. The number of ether oxygens (including phenoxy) is 1. The van der Waals surface area contributed by atoms with Crippen LogP contribution in [0.5, 0.6) is 0 Å². The first kappa shape index (κ1) is 17.9. The van der Waals surface area contributed by atoms with Crippen LogP contribution in [-0.2, 0) is 16.8 Å². The van der Waals surface area contributed by atoms with Crippen molar-refractivity contribution in [2.45, 2.75) is 64.5 Å². The molecule has 0 saturated carbocycles. The number of amides is 1. The van der Waals surface area contributed by atoms with Crippen LogP contribution in [0.3, 0.4) is 0 Å². The largest absolute Gasteiger partial charge is 0.444 e. The number of thioether (sulfide) groups is 1. The molecule has 0 aliphatic carbocycles. The van der Waals surface area contributed by atoms with Crippen LogP contribution in [-0.4, -0.2) is 32.8 Å². The van der Waals surface area contributed by atoms with Gasteiger partial charge < -0.3 is 14.6 Å². The highest BCUT2D eigenvalue weighted by Crippen LogP contribution is 2.22. The number of hydrogen-bond donors (Lipinski definition) is 1. The average molecular weight is 313 g/mol. The van der Waals surface area contributed by atoms with E-state index in [0.717, 1.165) is 12.2 Å². The zero-order valence-electron chi connectivity index (χ0n) is 14.1. The highest BCUT2D eigenvalue weighted by atomic mass is 32.2. The minimum Gasteiger partial charge on any atom is -0.444 e. The standard InChI is InChI=1S/C15H27N3O2S/c1-11(21-7)9-18-10-16-8-12(18)15(5,6)17-13(19)20-14(2,3)4/h8,10-11H,9H2,1-7H3,(H,17,19).